The summed E-state index contributed by atoms with van der Waals surface area (Å²) in [4.78, 5) is 16.2. The molecule has 2 aromatic rings. The zero-order valence-electron chi connectivity index (χ0n) is 16.1. The Kier molecular flexibility index (Phi) is 5.74. The number of nitrogens with one attached hydrogen (secondary N) is 1. The van der Waals surface area contributed by atoms with E-state index in [1.54, 1.807) is 11.6 Å². The quantitative estimate of drug-likeness (QED) is 0.461. The monoisotopic (exact) mass is 377 g/mol. The van der Waals surface area contributed by atoms with Crippen molar-refractivity contribution < 1.29 is 10.0 Å². The molecule has 1 fully saturated rings. The van der Waals surface area contributed by atoms with Crippen molar-refractivity contribution in [2.45, 2.75) is 31.8 Å². The predicted molar refractivity (Wildman–Crippen MR) is 111 cm³/mol. The highest BCUT2D eigenvalue weighted by Crippen LogP contribution is 2.30. The molecular weight excluding hydrogens is 350 g/mol. The molecule has 0 saturated carbocycles. The van der Waals surface area contributed by atoms with Crippen LogP contribution in [0.3, 0.4) is 0 Å². The van der Waals surface area contributed by atoms with Gasteiger partial charge >= 0.3 is 0 Å². The van der Waals surface area contributed by atoms with Gasteiger partial charge in [0.15, 0.2) is 0 Å². The van der Waals surface area contributed by atoms with Crippen LogP contribution < -0.4 is 10.4 Å². The fourth-order valence-electron chi connectivity index (χ4n) is 4.34. The van der Waals surface area contributed by atoms with Crippen molar-refractivity contribution in [1.82, 2.24) is 10.4 Å². The number of hydrogen-bond donors (Lipinski definition) is 2. The van der Waals surface area contributed by atoms with E-state index in [-0.39, 0.29) is 0 Å². The number of rotatable bonds is 6. The number of amides is 1. The van der Waals surface area contributed by atoms with Gasteiger partial charge in [-0.25, -0.2) is 5.48 Å². The maximum Gasteiger partial charge on any atom is 0.267 e. The van der Waals surface area contributed by atoms with Crippen LogP contribution in [-0.2, 0) is 17.8 Å². The van der Waals surface area contributed by atoms with Crippen molar-refractivity contribution in [2.75, 3.05) is 24.5 Å². The lowest BCUT2D eigenvalue weighted by molar-refractivity contribution is -0.124. The van der Waals surface area contributed by atoms with Crippen molar-refractivity contribution in [3.63, 3.8) is 0 Å². The minimum atomic E-state index is -0.521. The molecule has 4 rings (SSSR count). The molecule has 5 nitrogen and oxygen atoms in total. The molecule has 146 valence electrons. The molecule has 0 aromatic heterocycles. The molecule has 2 aliphatic rings. The van der Waals surface area contributed by atoms with Gasteiger partial charge in [-0.05, 0) is 54.6 Å². The largest absolute Gasteiger partial charge is 0.369 e. The van der Waals surface area contributed by atoms with Gasteiger partial charge in [0.05, 0.1) is 0 Å². The van der Waals surface area contributed by atoms with Crippen LogP contribution in [0, 0.1) is 0 Å². The number of likely N-dealkylation sites (tertiary alicyclic amines) is 1. The van der Waals surface area contributed by atoms with Crippen molar-refractivity contribution in [3.05, 3.63) is 71.3 Å². The molecule has 0 spiro atoms. The van der Waals surface area contributed by atoms with Crippen LogP contribution in [-0.4, -0.2) is 41.7 Å². The maximum atomic E-state index is 11.1. The number of hydroxylamine groups is 1. The van der Waals surface area contributed by atoms with Gasteiger partial charge in [-0.3, -0.25) is 14.9 Å². The van der Waals surface area contributed by atoms with Crippen LogP contribution in [0.4, 0.5) is 5.69 Å². The maximum absolute atomic E-state index is 11.1. The molecular formula is C23H27N3O2. The van der Waals surface area contributed by atoms with Gasteiger partial charge in [0.1, 0.15) is 0 Å². The summed E-state index contributed by atoms with van der Waals surface area (Å²) >= 11 is 0. The minimum Gasteiger partial charge on any atom is -0.369 e. The molecule has 0 aliphatic carbocycles. The third kappa shape index (κ3) is 4.26. The van der Waals surface area contributed by atoms with Crippen LogP contribution in [0.5, 0.6) is 0 Å². The second-order valence-corrected chi connectivity index (χ2v) is 7.64. The Hall–Kier alpha value is -2.63. The predicted octanol–water partition coefficient (Wildman–Crippen LogP) is 3.23. The number of nitrogens with zero attached hydrogens (tertiary/aromatic N) is 2. The number of anilines is 1. The van der Waals surface area contributed by atoms with Crippen LogP contribution >= 0.6 is 0 Å². The van der Waals surface area contributed by atoms with Crippen molar-refractivity contribution in [2.24, 2.45) is 0 Å². The molecule has 2 heterocycles. The molecule has 2 N–H and O–H groups in total. The lowest BCUT2D eigenvalue weighted by Crippen LogP contribution is -2.39. The average molecular weight is 377 g/mol. The van der Waals surface area contributed by atoms with E-state index in [1.165, 1.54) is 35.7 Å². The summed E-state index contributed by atoms with van der Waals surface area (Å²) in [6.45, 7) is 4.35. The number of hydrogen-bond acceptors (Lipinski definition) is 4. The third-order valence-corrected chi connectivity index (χ3v) is 5.82. The Morgan fingerprint density at radius 1 is 1.14 bits per heavy atom. The van der Waals surface area contributed by atoms with E-state index in [0.717, 1.165) is 38.2 Å². The smallest absolute Gasteiger partial charge is 0.267 e. The second kappa shape index (κ2) is 8.59. The van der Waals surface area contributed by atoms with Gasteiger partial charge < -0.3 is 4.90 Å². The van der Waals surface area contributed by atoms with Gasteiger partial charge in [-0.1, -0.05) is 42.5 Å². The summed E-state index contributed by atoms with van der Waals surface area (Å²) in [5.74, 6) is -0.521. The van der Waals surface area contributed by atoms with Gasteiger partial charge in [-0.2, -0.15) is 0 Å². The third-order valence-electron chi connectivity index (χ3n) is 5.82. The summed E-state index contributed by atoms with van der Waals surface area (Å²) in [6.07, 6.45) is 6.69. The van der Waals surface area contributed by atoms with Crippen molar-refractivity contribution in [3.8, 4) is 0 Å². The number of para-hydroxylation sites is 1. The molecule has 1 unspecified atom stereocenters. The first-order valence-corrected chi connectivity index (χ1v) is 10.0. The van der Waals surface area contributed by atoms with E-state index in [4.69, 9.17) is 5.21 Å². The van der Waals surface area contributed by atoms with Crippen LogP contribution in [0.2, 0.25) is 0 Å². The van der Waals surface area contributed by atoms with Crippen molar-refractivity contribution in [1.29, 1.82) is 0 Å². The lowest BCUT2D eigenvalue weighted by Gasteiger charge is -2.30. The zero-order valence-corrected chi connectivity index (χ0v) is 16.1. The number of carbonyl (C=O) groups is 1. The number of fused-ring (bicyclic) bond motifs is 1. The molecule has 2 aromatic carbocycles. The van der Waals surface area contributed by atoms with E-state index >= 15 is 0 Å². The summed E-state index contributed by atoms with van der Waals surface area (Å²) in [5.41, 5.74) is 6.72. The molecule has 0 bridgehead atoms. The van der Waals surface area contributed by atoms with E-state index in [2.05, 4.69) is 46.2 Å². The Bertz CT molecular complexity index is 847. The highest BCUT2D eigenvalue weighted by Gasteiger charge is 2.28. The Labute approximate surface area is 166 Å². The summed E-state index contributed by atoms with van der Waals surface area (Å²) in [7, 11) is 0. The molecule has 28 heavy (non-hydrogen) atoms. The Morgan fingerprint density at radius 3 is 2.79 bits per heavy atom. The Balaban J connectivity index is 1.37. The van der Waals surface area contributed by atoms with E-state index in [0.29, 0.717) is 6.04 Å². The first-order chi connectivity index (χ1) is 13.7. The van der Waals surface area contributed by atoms with E-state index < -0.39 is 5.91 Å². The van der Waals surface area contributed by atoms with Gasteiger partial charge in [-0.15, -0.1) is 0 Å². The minimum absolute atomic E-state index is 0.521. The highest BCUT2D eigenvalue weighted by atomic mass is 16.5. The molecule has 2 aliphatic heterocycles. The molecule has 1 atom stereocenters. The van der Waals surface area contributed by atoms with Gasteiger partial charge in [0, 0.05) is 37.4 Å². The molecule has 0 radical (unpaired) electrons. The number of benzene rings is 2. The average Bonchev–Trinajstić information content (AvgIpc) is 3.35. The fraction of sp³-hybridized carbons (Fsp3) is 0.348. The second-order valence-electron chi connectivity index (χ2n) is 7.64. The first kappa shape index (κ1) is 18.7. The normalized spacial score (nSPS) is 19.3. The lowest BCUT2D eigenvalue weighted by atomic mass is 10.1. The van der Waals surface area contributed by atoms with Gasteiger partial charge in [0.2, 0.25) is 0 Å². The summed E-state index contributed by atoms with van der Waals surface area (Å²) in [6, 6.07) is 17.7. The van der Waals surface area contributed by atoms with Crippen LogP contribution in [0.25, 0.3) is 6.08 Å². The summed E-state index contributed by atoms with van der Waals surface area (Å²) in [5, 5.41) is 8.54. The number of carbonyl (C=O) groups excluding carboxylic acids is 1. The van der Waals surface area contributed by atoms with E-state index in [1.807, 2.05) is 12.1 Å². The fourth-order valence-corrected chi connectivity index (χ4v) is 4.34. The molecule has 1 saturated heterocycles. The molecule has 1 amide bonds. The van der Waals surface area contributed by atoms with E-state index in [9.17, 15) is 4.79 Å². The van der Waals surface area contributed by atoms with Crippen LogP contribution in [0.15, 0.2) is 54.6 Å². The zero-order chi connectivity index (χ0) is 19.3. The first-order valence-electron chi connectivity index (χ1n) is 10.0. The molecule has 5 heteroatoms. The summed E-state index contributed by atoms with van der Waals surface area (Å²) < 4.78 is 0. The Morgan fingerprint density at radius 2 is 1.96 bits per heavy atom. The standard InChI is InChI=1S/C23H27N3O2/c27-23(24-28)12-11-18-7-9-19(10-8-18)16-25-14-3-5-21(25)17-26-15-13-20-4-1-2-6-22(20)26/h1-2,4,6-12,21,28H,3,5,13-17H2,(H,24,27). The van der Waals surface area contributed by atoms with Gasteiger partial charge in [0.25, 0.3) is 5.91 Å². The highest BCUT2D eigenvalue weighted by molar-refractivity contribution is 5.90. The van der Waals surface area contributed by atoms with Crippen LogP contribution in [0.1, 0.15) is 29.5 Å². The van der Waals surface area contributed by atoms with Crippen molar-refractivity contribution >= 4 is 17.7 Å². The topological polar surface area (TPSA) is 55.8 Å². The SMILES string of the molecule is O=C(C=Cc1ccc(CN2CCCC2CN2CCc3ccccc32)cc1)NO.